The van der Waals surface area contributed by atoms with Crippen LogP contribution in [-0.4, -0.2) is 35.8 Å². The minimum Gasteiger partial charge on any atom is -0.497 e. The summed E-state index contributed by atoms with van der Waals surface area (Å²) in [6, 6.07) is 14.8. The lowest BCUT2D eigenvalue weighted by atomic mass is 9.97. The third-order valence-corrected chi connectivity index (χ3v) is 6.15. The van der Waals surface area contributed by atoms with E-state index in [0.717, 1.165) is 22.9 Å². The van der Waals surface area contributed by atoms with E-state index in [9.17, 15) is 14.4 Å². The molecule has 0 saturated carbocycles. The van der Waals surface area contributed by atoms with E-state index in [1.54, 1.807) is 27.9 Å². The zero-order chi connectivity index (χ0) is 23.3. The van der Waals surface area contributed by atoms with E-state index in [2.05, 4.69) is 0 Å². The Labute approximate surface area is 192 Å². The van der Waals surface area contributed by atoms with Crippen LogP contribution in [0, 0.1) is 5.41 Å². The first-order valence-electron chi connectivity index (χ1n) is 10.4. The Bertz CT molecular complexity index is 977. The molecule has 0 spiro atoms. The average molecular weight is 457 g/mol. The van der Waals surface area contributed by atoms with Crippen LogP contribution in [0.1, 0.15) is 44.4 Å². The first-order valence-corrected chi connectivity index (χ1v) is 11.3. The molecule has 32 heavy (non-hydrogen) atoms. The van der Waals surface area contributed by atoms with Crippen molar-refractivity contribution in [2.24, 2.45) is 5.41 Å². The number of carbonyl (C=O) groups excluding carboxylic acids is 3. The molecule has 0 bridgehead atoms. The van der Waals surface area contributed by atoms with Crippen molar-refractivity contribution in [2.75, 3.05) is 13.7 Å². The molecule has 0 N–H and O–H groups in total. The van der Waals surface area contributed by atoms with Gasteiger partial charge in [-0.15, -0.1) is 0 Å². The van der Waals surface area contributed by atoms with Crippen molar-refractivity contribution in [2.45, 2.75) is 45.0 Å². The number of methoxy groups -OCH3 is 1. The third-order valence-electron chi connectivity index (χ3n) is 5.02. The van der Waals surface area contributed by atoms with Crippen molar-refractivity contribution in [3.63, 3.8) is 0 Å². The molecule has 1 saturated heterocycles. The first kappa shape index (κ1) is 23.9. The van der Waals surface area contributed by atoms with Crippen molar-refractivity contribution in [3.05, 3.63) is 59.7 Å². The lowest BCUT2D eigenvalue weighted by Crippen LogP contribution is -2.27. The summed E-state index contributed by atoms with van der Waals surface area (Å²) in [5, 5.41) is -0.364. The topological polar surface area (TPSA) is 78.9 Å². The van der Waals surface area contributed by atoms with Crippen molar-refractivity contribution in [3.8, 4) is 11.5 Å². The number of ether oxygens (including phenoxy) is 3. The van der Waals surface area contributed by atoms with Crippen LogP contribution < -0.4 is 9.47 Å². The van der Waals surface area contributed by atoms with Crippen LogP contribution in [0.2, 0.25) is 0 Å². The summed E-state index contributed by atoms with van der Waals surface area (Å²) in [6.07, 6.45) is -0.0595. The van der Waals surface area contributed by atoms with Crippen molar-refractivity contribution in [1.82, 2.24) is 0 Å². The van der Waals surface area contributed by atoms with Gasteiger partial charge in [0, 0.05) is 0 Å². The van der Waals surface area contributed by atoms with Gasteiger partial charge in [-0.25, -0.2) is 0 Å². The quantitative estimate of drug-likeness (QED) is 0.426. The number of carbonyl (C=O) groups is 3. The molecule has 3 rings (SSSR count). The van der Waals surface area contributed by atoms with Gasteiger partial charge in [0.1, 0.15) is 18.1 Å². The van der Waals surface area contributed by atoms with Gasteiger partial charge in [0.05, 0.1) is 24.2 Å². The highest BCUT2D eigenvalue weighted by Gasteiger charge is 2.32. The minimum atomic E-state index is -0.643. The van der Waals surface area contributed by atoms with E-state index in [0.29, 0.717) is 17.9 Å². The lowest BCUT2D eigenvalue weighted by Gasteiger charge is -2.24. The molecule has 7 heteroatoms. The second kappa shape index (κ2) is 10.2. The first-order chi connectivity index (χ1) is 15.2. The number of hydrogen-bond donors (Lipinski definition) is 0. The van der Waals surface area contributed by atoms with Gasteiger partial charge in [0.25, 0.3) is 0 Å². The molecule has 6 nitrogen and oxygen atoms in total. The average Bonchev–Trinajstić information content (AvgIpc) is 3.07. The highest BCUT2D eigenvalue weighted by Crippen LogP contribution is 2.29. The van der Waals surface area contributed by atoms with E-state index in [1.165, 1.54) is 0 Å². The SMILES string of the molecule is COc1cccc([C@H](COc2ccc(CC3SC(=O)CC3=O)cc2)OC(=O)C(C)(C)C)c1. The summed E-state index contributed by atoms with van der Waals surface area (Å²) >= 11 is 1.12. The van der Waals surface area contributed by atoms with Gasteiger partial charge >= 0.3 is 5.97 Å². The van der Waals surface area contributed by atoms with E-state index in [-0.39, 0.29) is 35.1 Å². The fourth-order valence-corrected chi connectivity index (χ4v) is 4.16. The molecule has 1 unspecified atom stereocenters. The Morgan fingerprint density at radius 1 is 1.09 bits per heavy atom. The fraction of sp³-hybridized carbons (Fsp3) is 0.400. The number of esters is 1. The maximum absolute atomic E-state index is 12.5. The zero-order valence-electron chi connectivity index (χ0n) is 18.8. The number of hydrogen-bond acceptors (Lipinski definition) is 7. The van der Waals surface area contributed by atoms with Gasteiger partial charge in [-0.05, 0) is 62.6 Å². The molecule has 1 heterocycles. The van der Waals surface area contributed by atoms with E-state index >= 15 is 0 Å². The van der Waals surface area contributed by atoms with E-state index < -0.39 is 11.5 Å². The smallest absolute Gasteiger partial charge is 0.311 e. The van der Waals surface area contributed by atoms with Gasteiger partial charge in [-0.2, -0.15) is 0 Å². The molecule has 2 aromatic rings. The van der Waals surface area contributed by atoms with E-state index in [1.807, 2.05) is 48.5 Å². The second-order valence-electron chi connectivity index (χ2n) is 8.70. The Hall–Kier alpha value is -2.80. The second-order valence-corrected chi connectivity index (χ2v) is 9.96. The summed E-state index contributed by atoms with van der Waals surface area (Å²) < 4.78 is 17.0. The highest BCUT2D eigenvalue weighted by atomic mass is 32.2. The molecule has 0 aliphatic carbocycles. The van der Waals surface area contributed by atoms with Gasteiger partial charge in [0.15, 0.2) is 17.0 Å². The van der Waals surface area contributed by atoms with Crippen LogP contribution in [0.4, 0.5) is 0 Å². The van der Waals surface area contributed by atoms with Crippen LogP contribution in [-0.2, 0) is 25.5 Å². The summed E-state index contributed by atoms with van der Waals surface area (Å²) in [5.74, 6) is 0.955. The number of thioether (sulfide) groups is 1. The Kier molecular flexibility index (Phi) is 7.61. The predicted molar refractivity (Wildman–Crippen MR) is 123 cm³/mol. The summed E-state index contributed by atoms with van der Waals surface area (Å²) in [5.41, 5.74) is 1.09. The molecule has 1 aliphatic rings. The monoisotopic (exact) mass is 456 g/mol. The molecule has 170 valence electrons. The van der Waals surface area contributed by atoms with Gasteiger partial charge < -0.3 is 14.2 Å². The summed E-state index contributed by atoms with van der Waals surface area (Å²) in [6.45, 7) is 5.55. The maximum atomic E-state index is 12.5. The predicted octanol–water partition coefficient (Wildman–Crippen LogP) is 4.55. The Balaban J connectivity index is 1.67. The van der Waals surface area contributed by atoms with Gasteiger partial charge in [-0.3, -0.25) is 14.4 Å². The molecule has 0 amide bonds. The van der Waals surface area contributed by atoms with Crippen LogP contribution in [0.25, 0.3) is 0 Å². The highest BCUT2D eigenvalue weighted by molar-refractivity contribution is 8.15. The molecule has 1 aliphatic heterocycles. The lowest BCUT2D eigenvalue weighted by molar-refractivity contribution is -0.160. The summed E-state index contributed by atoms with van der Waals surface area (Å²) in [4.78, 5) is 35.8. The standard InChI is InChI=1S/C25H28O6S/c1-25(2,3)24(28)31-21(17-6-5-7-19(13-17)29-4)15-30-18-10-8-16(9-11-18)12-22-20(26)14-23(27)32-22/h5-11,13,21-22H,12,14-15H2,1-4H3/t21-,22?/m0/s1. The van der Waals surface area contributed by atoms with Crippen LogP contribution in [0.15, 0.2) is 48.5 Å². The molecule has 2 aromatic carbocycles. The molecular formula is C25H28O6S. The van der Waals surface area contributed by atoms with Gasteiger partial charge in [0.2, 0.25) is 0 Å². The largest absolute Gasteiger partial charge is 0.497 e. The molecule has 0 aromatic heterocycles. The third kappa shape index (κ3) is 6.36. The van der Waals surface area contributed by atoms with Crippen LogP contribution >= 0.6 is 11.8 Å². The number of rotatable bonds is 8. The Morgan fingerprint density at radius 3 is 2.41 bits per heavy atom. The number of Topliss-reactive ketones (excluding diaryl/α,β-unsaturated/α-hetero) is 1. The molecular weight excluding hydrogens is 428 g/mol. The van der Waals surface area contributed by atoms with E-state index in [4.69, 9.17) is 14.2 Å². The Morgan fingerprint density at radius 2 is 1.81 bits per heavy atom. The zero-order valence-corrected chi connectivity index (χ0v) is 19.6. The molecule has 2 atom stereocenters. The number of ketones is 1. The molecule has 1 fully saturated rings. The fourth-order valence-electron chi connectivity index (χ4n) is 3.13. The van der Waals surface area contributed by atoms with Crippen molar-refractivity contribution >= 4 is 28.6 Å². The van der Waals surface area contributed by atoms with Crippen LogP contribution in [0.3, 0.4) is 0 Å². The molecule has 0 radical (unpaired) electrons. The van der Waals surface area contributed by atoms with Crippen molar-refractivity contribution in [1.29, 1.82) is 0 Å². The maximum Gasteiger partial charge on any atom is 0.311 e. The normalized spacial score (nSPS) is 17.2. The minimum absolute atomic E-state index is 0.0119. The number of benzene rings is 2. The van der Waals surface area contributed by atoms with Crippen molar-refractivity contribution < 1.29 is 28.6 Å². The summed E-state index contributed by atoms with van der Waals surface area (Å²) in [7, 11) is 1.58. The van der Waals surface area contributed by atoms with Crippen LogP contribution in [0.5, 0.6) is 11.5 Å². The van der Waals surface area contributed by atoms with Gasteiger partial charge in [-0.1, -0.05) is 36.0 Å².